The maximum atomic E-state index is 8.21. The Labute approximate surface area is 99.2 Å². The molecule has 88 valence electrons. The van der Waals surface area contributed by atoms with Crippen molar-refractivity contribution in [3.8, 4) is 6.19 Å². The largest absolute Gasteiger partial charge is 0.287 e. The summed E-state index contributed by atoms with van der Waals surface area (Å²) in [5, 5.41) is 22.8. The second-order valence-corrected chi connectivity index (χ2v) is 3.03. The molecule has 1 aromatic rings. The molecule has 7 heteroatoms. The number of hydrogen-bond acceptors (Lipinski definition) is 5. The third-order valence-corrected chi connectivity index (χ3v) is 1.97. The molecule has 17 heavy (non-hydrogen) atoms. The predicted octanol–water partition coefficient (Wildman–Crippen LogP) is 1.71. The van der Waals surface area contributed by atoms with Crippen LogP contribution < -0.4 is 10.9 Å². The number of hydrogen-bond donors (Lipinski definition) is 2. The van der Waals surface area contributed by atoms with Crippen molar-refractivity contribution in [2.45, 2.75) is 13.1 Å². The normalized spacial score (nSPS) is 10.6. The van der Waals surface area contributed by atoms with Gasteiger partial charge in [-0.2, -0.15) is 20.9 Å². The lowest BCUT2D eigenvalue weighted by atomic mass is 10.1. The number of nitrogens with one attached hydrogen (secondary N) is 2. The minimum atomic E-state index is 0.413. The lowest BCUT2D eigenvalue weighted by Crippen LogP contribution is -2.06. The highest BCUT2D eigenvalue weighted by Gasteiger charge is 1.99. The lowest BCUT2D eigenvalue weighted by Gasteiger charge is -2.05. The molecule has 1 rings (SSSR count). The summed E-state index contributed by atoms with van der Waals surface area (Å²) in [7, 11) is 1.60. The van der Waals surface area contributed by atoms with Gasteiger partial charge in [-0.3, -0.25) is 5.43 Å². The Morgan fingerprint density at radius 2 is 2.00 bits per heavy atom. The van der Waals surface area contributed by atoms with Gasteiger partial charge in [-0.05, 0) is 11.1 Å². The maximum Gasteiger partial charge on any atom is 0.200 e. The lowest BCUT2D eigenvalue weighted by molar-refractivity contribution is 0.682. The second kappa shape index (κ2) is 7.76. The molecule has 7 nitrogen and oxygen atoms in total. The standard InChI is InChI=1S/C10H13N7/c1-12-16-13-6-9-4-2-3-5-10(9)7-14-17-15-8-11/h2-5H,6-7H2,1H3,(H,12,13)(H,14,15). The van der Waals surface area contributed by atoms with Gasteiger partial charge >= 0.3 is 0 Å². The van der Waals surface area contributed by atoms with Gasteiger partial charge in [0.15, 0.2) is 6.19 Å². The van der Waals surface area contributed by atoms with Crippen LogP contribution in [0.1, 0.15) is 11.1 Å². The van der Waals surface area contributed by atoms with Crippen LogP contribution in [0.5, 0.6) is 0 Å². The van der Waals surface area contributed by atoms with E-state index < -0.39 is 0 Å². The van der Waals surface area contributed by atoms with Crippen LogP contribution in [0.25, 0.3) is 0 Å². The van der Waals surface area contributed by atoms with Crippen LogP contribution in [0.2, 0.25) is 0 Å². The summed E-state index contributed by atoms with van der Waals surface area (Å²) < 4.78 is 0. The SMILES string of the molecule is CN=NNCc1ccccc1CN=NNC#N. The summed E-state index contributed by atoms with van der Waals surface area (Å²) in [5.74, 6) is 0. The Morgan fingerprint density at radius 1 is 1.24 bits per heavy atom. The molecule has 2 N–H and O–H groups in total. The molecule has 0 heterocycles. The highest BCUT2D eigenvalue weighted by molar-refractivity contribution is 5.26. The van der Waals surface area contributed by atoms with E-state index >= 15 is 0 Å². The van der Waals surface area contributed by atoms with Crippen molar-refractivity contribution in [2.24, 2.45) is 20.7 Å². The third-order valence-electron chi connectivity index (χ3n) is 1.97. The van der Waals surface area contributed by atoms with Crippen molar-refractivity contribution in [1.29, 1.82) is 5.26 Å². The van der Waals surface area contributed by atoms with E-state index in [1.165, 1.54) is 0 Å². The quantitative estimate of drug-likeness (QED) is 0.337. The molecule has 1 aromatic carbocycles. The molecule has 0 aliphatic heterocycles. The van der Waals surface area contributed by atoms with Crippen LogP contribution in [-0.2, 0) is 13.1 Å². The van der Waals surface area contributed by atoms with Crippen LogP contribution in [0.15, 0.2) is 44.9 Å². The average molecular weight is 231 g/mol. The van der Waals surface area contributed by atoms with Crippen LogP contribution in [0.3, 0.4) is 0 Å². The second-order valence-electron chi connectivity index (χ2n) is 3.03. The monoisotopic (exact) mass is 231 g/mol. The molecular weight excluding hydrogens is 218 g/mol. The topological polar surface area (TPSA) is 97.3 Å². The van der Waals surface area contributed by atoms with E-state index in [1.807, 2.05) is 24.3 Å². The number of rotatable bonds is 6. The molecule has 0 saturated heterocycles. The van der Waals surface area contributed by atoms with Crippen molar-refractivity contribution in [3.05, 3.63) is 35.4 Å². The number of nitrogens with zero attached hydrogens (tertiary/aromatic N) is 5. The fraction of sp³-hybridized carbons (Fsp3) is 0.300. The Balaban J connectivity index is 2.61. The minimum Gasteiger partial charge on any atom is -0.287 e. The summed E-state index contributed by atoms with van der Waals surface area (Å²) in [6, 6.07) is 7.79. The van der Waals surface area contributed by atoms with Gasteiger partial charge in [-0.15, -0.1) is 0 Å². The fourth-order valence-electron chi connectivity index (χ4n) is 1.24. The molecule has 0 spiro atoms. The zero-order chi connectivity index (χ0) is 12.3. The van der Waals surface area contributed by atoms with E-state index in [0.29, 0.717) is 13.1 Å². The molecular formula is C10H13N7. The third kappa shape index (κ3) is 4.70. The van der Waals surface area contributed by atoms with Crippen LogP contribution in [0.4, 0.5) is 0 Å². The highest BCUT2D eigenvalue weighted by atomic mass is 15.4. The van der Waals surface area contributed by atoms with Gasteiger partial charge in [0.1, 0.15) is 0 Å². The van der Waals surface area contributed by atoms with Gasteiger partial charge in [0.25, 0.3) is 0 Å². The highest BCUT2D eigenvalue weighted by Crippen LogP contribution is 2.09. The summed E-state index contributed by atoms with van der Waals surface area (Å²) >= 11 is 0. The molecule has 0 atom stereocenters. The summed E-state index contributed by atoms with van der Waals surface area (Å²) in [4.78, 5) is 0. The van der Waals surface area contributed by atoms with Gasteiger partial charge < -0.3 is 0 Å². The first-order chi connectivity index (χ1) is 8.38. The van der Waals surface area contributed by atoms with Crippen molar-refractivity contribution in [1.82, 2.24) is 10.9 Å². The molecule has 0 saturated carbocycles. The van der Waals surface area contributed by atoms with E-state index in [4.69, 9.17) is 5.26 Å². The van der Waals surface area contributed by atoms with Crippen molar-refractivity contribution < 1.29 is 0 Å². The first-order valence-corrected chi connectivity index (χ1v) is 4.97. The minimum absolute atomic E-state index is 0.413. The van der Waals surface area contributed by atoms with Crippen molar-refractivity contribution in [2.75, 3.05) is 7.05 Å². The van der Waals surface area contributed by atoms with Crippen LogP contribution in [-0.4, -0.2) is 7.05 Å². The molecule has 0 radical (unpaired) electrons. The average Bonchev–Trinajstić information content (AvgIpc) is 2.36. The molecule has 0 unspecified atom stereocenters. The summed E-state index contributed by atoms with van der Waals surface area (Å²) in [5.41, 5.74) is 7.00. The smallest absolute Gasteiger partial charge is 0.200 e. The van der Waals surface area contributed by atoms with Gasteiger partial charge in [0, 0.05) is 0 Å². The zero-order valence-electron chi connectivity index (χ0n) is 9.46. The Morgan fingerprint density at radius 3 is 2.71 bits per heavy atom. The number of benzene rings is 1. The Hall–Kier alpha value is -2.49. The van der Waals surface area contributed by atoms with Crippen LogP contribution >= 0.6 is 0 Å². The molecule has 0 bridgehead atoms. The molecule has 0 aromatic heterocycles. The molecule has 0 aliphatic rings. The molecule has 0 aliphatic carbocycles. The van der Waals surface area contributed by atoms with Crippen molar-refractivity contribution in [3.63, 3.8) is 0 Å². The Bertz CT molecular complexity index is 433. The molecule has 0 amide bonds. The summed E-state index contributed by atoms with van der Waals surface area (Å²) in [6.45, 7) is 0.991. The van der Waals surface area contributed by atoms with E-state index in [9.17, 15) is 0 Å². The fourth-order valence-corrected chi connectivity index (χ4v) is 1.24. The first kappa shape index (κ1) is 12.6. The van der Waals surface area contributed by atoms with E-state index in [0.717, 1.165) is 11.1 Å². The van der Waals surface area contributed by atoms with E-state index in [-0.39, 0.29) is 0 Å². The van der Waals surface area contributed by atoms with Gasteiger partial charge in [-0.1, -0.05) is 34.7 Å². The first-order valence-electron chi connectivity index (χ1n) is 4.97. The zero-order valence-corrected chi connectivity index (χ0v) is 9.46. The van der Waals surface area contributed by atoms with Gasteiger partial charge in [0.2, 0.25) is 0 Å². The van der Waals surface area contributed by atoms with E-state index in [2.05, 4.69) is 31.5 Å². The van der Waals surface area contributed by atoms with E-state index in [1.54, 1.807) is 13.2 Å². The predicted molar refractivity (Wildman–Crippen MR) is 61.4 cm³/mol. The van der Waals surface area contributed by atoms with Crippen molar-refractivity contribution >= 4 is 0 Å². The van der Waals surface area contributed by atoms with Gasteiger partial charge in [0.05, 0.1) is 20.1 Å². The maximum absolute atomic E-state index is 8.21. The number of nitriles is 1. The summed E-state index contributed by atoms with van der Waals surface area (Å²) in [6.07, 6.45) is 1.66. The van der Waals surface area contributed by atoms with Crippen LogP contribution in [0, 0.1) is 11.5 Å². The Kier molecular flexibility index (Phi) is 5.74. The van der Waals surface area contributed by atoms with Gasteiger partial charge in [-0.25, -0.2) is 0 Å². The molecule has 0 fully saturated rings.